The van der Waals surface area contributed by atoms with Crippen molar-refractivity contribution in [1.29, 1.82) is 0 Å². The molecule has 0 atom stereocenters. The molecule has 0 fully saturated rings. The lowest BCUT2D eigenvalue weighted by atomic mass is 9.99. The number of hydrogen-bond donors (Lipinski definition) is 1. The van der Waals surface area contributed by atoms with Crippen molar-refractivity contribution in [3.63, 3.8) is 0 Å². The van der Waals surface area contributed by atoms with Gasteiger partial charge >= 0.3 is 0 Å². The molecule has 0 aromatic heterocycles. The average Bonchev–Trinajstić information content (AvgIpc) is 2.40. The van der Waals surface area contributed by atoms with Crippen LogP contribution >= 0.6 is 0 Å². The monoisotopic (exact) mass is 227 g/mol. The maximum absolute atomic E-state index is 5.17. The summed E-state index contributed by atoms with van der Waals surface area (Å²) in [5.41, 5.74) is 3.79. The van der Waals surface area contributed by atoms with E-state index in [1.165, 1.54) is 16.7 Å². The van der Waals surface area contributed by atoms with Gasteiger partial charge in [-0.1, -0.05) is 36.4 Å². The fourth-order valence-electron chi connectivity index (χ4n) is 1.92. The lowest BCUT2D eigenvalue weighted by Crippen LogP contribution is -2.06. The smallest absolute Gasteiger partial charge is 0.118 e. The van der Waals surface area contributed by atoms with E-state index in [1.54, 1.807) is 7.11 Å². The Labute approximate surface area is 102 Å². The third-order valence-electron chi connectivity index (χ3n) is 2.79. The molecule has 0 aliphatic rings. The maximum atomic E-state index is 5.17. The van der Waals surface area contributed by atoms with Gasteiger partial charge in [0.2, 0.25) is 0 Å². The molecule has 0 saturated carbocycles. The van der Waals surface area contributed by atoms with Crippen molar-refractivity contribution < 1.29 is 4.74 Å². The molecule has 17 heavy (non-hydrogen) atoms. The van der Waals surface area contributed by atoms with Crippen molar-refractivity contribution in [3.05, 3.63) is 54.1 Å². The normalized spacial score (nSPS) is 10.2. The fourth-order valence-corrected chi connectivity index (χ4v) is 1.92. The highest BCUT2D eigenvalue weighted by molar-refractivity contribution is 5.67. The molecule has 0 saturated heterocycles. The third kappa shape index (κ3) is 2.66. The van der Waals surface area contributed by atoms with Crippen LogP contribution in [0.1, 0.15) is 5.56 Å². The van der Waals surface area contributed by atoms with Crippen LogP contribution in [0.5, 0.6) is 5.75 Å². The topological polar surface area (TPSA) is 21.3 Å². The van der Waals surface area contributed by atoms with Gasteiger partial charge in [-0.3, -0.25) is 0 Å². The van der Waals surface area contributed by atoms with E-state index in [0.717, 1.165) is 12.3 Å². The second kappa shape index (κ2) is 5.51. The second-order valence-corrected chi connectivity index (χ2v) is 3.92. The minimum atomic E-state index is 0.877. The molecular weight excluding hydrogens is 210 g/mol. The van der Waals surface area contributed by atoms with Crippen molar-refractivity contribution in [3.8, 4) is 16.9 Å². The zero-order valence-corrected chi connectivity index (χ0v) is 10.2. The predicted molar refractivity (Wildman–Crippen MR) is 71.2 cm³/mol. The number of hydrogen-bond acceptors (Lipinski definition) is 2. The molecule has 0 spiro atoms. The first kappa shape index (κ1) is 11.7. The van der Waals surface area contributed by atoms with E-state index in [1.807, 2.05) is 19.2 Å². The Morgan fingerprint density at radius 3 is 2.35 bits per heavy atom. The lowest BCUT2D eigenvalue weighted by molar-refractivity contribution is 0.415. The lowest BCUT2D eigenvalue weighted by Gasteiger charge is -2.09. The quantitative estimate of drug-likeness (QED) is 0.866. The molecule has 0 radical (unpaired) electrons. The van der Waals surface area contributed by atoms with E-state index in [0.29, 0.717) is 0 Å². The highest BCUT2D eigenvalue weighted by Crippen LogP contribution is 2.25. The Kier molecular flexibility index (Phi) is 3.78. The van der Waals surface area contributed by atoms with Crippen molar-refractivity contribution >= 4 is 0 Å². The Bertz CT molecular complexity index is 477. The maximum Gasteiger partial charge on any atom is 0.118 e. The number of methoxy groups -OCH3 is 1. The van der Waals surface area contributed by atoms with E-state index >= 15 is 0 Å². The van der Waals surface area contributed by atoms with Gasteiger partial charge in [0.05, 0.1) is 7.11 Å². The van der Waals surface area contributed by atoms with E-state index in [-0.39, 0.29) is 0 Å². The molecule has 88 valence electrons. The molecule has 2 aromatic rings. The van der Waals surface area contributed by atoms with Gasteiger partial charge in [-0.15, -0.1) is 0 Å². The number of nitrogens with one attached hydrogen (secondary N) is 1. The standard InChI is InChI=1S/C15H17NO/c1-16-11-13-5-3-4-6-15(13)12-7-9-14(17-2)10-8-12/h3-10,16H,11H2,1-2H3. The third-order valence-corrected chi connectivity index (χ3v) is 2.79. The van der Waals surface area contributed by atoms with Crippen LogP contribution < -0.4 is 10.1 Å². The van der Waals surface area contributed by atoms with Crippen molar-refractivity contribution in [1.82, 2.24) is 5.32 Å². The van der Waals surface area contributed by atoms with Crippen LogP contribution in [0.15, 0.2) is 48.5 Å². The molecule has 0 amide bonds. The summed E-state index contributed by atoms with van der Waals surface area (Å²) in [5.74, 6) is 0.889. The Hall–Kier alpha value is -1.80. The van der Waals surface area contributed by atoms with Crippen molar-refractivity contribution in [2.75, 3.05) is 14.2 Å². The molecular formula is C15H17NO. The summed E-state index contributed by atoms with van der Waals surface area (Å²) in [5, 5.41) is 3.19. The highest BCUT2D eigenvalue weighted by atomic mass is 16.5. The van der Waals surface area contributed by atoms with Gasteiger partial charge in [-0.05, 0) is 35.9 Å². The van der Waals surface area contributed by atoms with Gasteiger partial charge in [-0.25, -0.2) is 0 Å². The van der Waals surface area contributed by atoms with Gasteiger partial charge in [0.15, 0.2) is 0 Å². The van der Waals surface area contributed by atoms with Crippen molar-refractivity contribution in [2.45, 2.75) is 6.54 Å². The Balaban J connectivity index is 2.37. The van der Waals surface area contributed by atoms with Gasteiger partial charge in [0, 0.05) is 6.54 Å². The molecule has 0 aliphatic carbocycles. The zero-order valence-electron chi connectivity index (χ0n) is 10.2. The van der Waals surface area contributed by atoms with Crippen LogP contribution in [0.25, 0.3) is 11.1 Å². The number of rotatable bonds is 4. The summed E-state index contributed by atoms with van der Waals surface area (Å²) < 4.78 is 5.17. The SMILES string of the molecule is CNCc1ccccc1-c1ccc(OC)cc1. The molecule has 0 bridgehead atoms. The van der Waals surface area contributed by atoms with Gasteiger partial charge < -0.3 is 10.1 Å². The molecule has 2 nitrogen and oxygen atoms in total. The Morgan fingerprint density at radius 1 is 1.00 bits per heavy atom. The van der Waals surface area contributed by atoms with E-state index < -0.39 is 0 Å². The summed E-state index contributed by atoms with van der Waals surface area (Å²) >= 11 is 0. The van der Waals surface area contributed by atoms with Gasteiger partial charge in [0.25, 0.3) is 0 Å². The Morgan fingerprint density at radius 2 is 1.71 bits per heavy atom. The van der Waals surface area contributed by atoms with Gasteiger partial charge in [0.1, 0.15) is 5.75 Å². The van der Waals surface area contributed by atoms with E-state index in [2.05, 4.69) is 41.7 Å². The molecule has 1 N–H and O–H groups in total. The summed E-state index contributed by atoms with van der Waals surface area (Å²) in [6.45, 7) is 0.877. The van der Waals surface area contributed by atoms with Crippen LogP contribution in [0.4, 0.5) is 0 Å². The first-order valence-corrected chi connectivity index (χ1v) is 5.72. The zero-order chi connectivity index (χ0) is 12.1. The minimum Gasteiger partial charge on any atom is -0.497 e. The molecule has 0 aliphatic heterocycles. The van der Waals surface area contributed by atoms with Crippen molar-refractivity contribution in [2.24, 2.45) is 0 Å². The van der Waals surface area contributed by atoms with Crippen LogP contribution in [-0.4, -0.2) is 14.2 Å². The molecule has 2 heteroatoms. The number of benzene rings is 2. The van der Waals surface area contributed by atoms with Gasteiger partial charge in [-0.2, -0.15) is 0 Å². The van der Waals surface area contributed by atoms with E-state index in [9.17, 15) is 0 Å². The minimum absolute atomic E-state index is 0.877. The summed E-state index contributed by atoms with van der Waals surface area (Å²) in [4.78, 5) is 0. The number of ether oxygens (including phenoxy) is 1. The molecule has 0 unspecified atom stereocenters. The summed E-state index contributed by atoms with van der Waals surface area (Å²) in [7, 11) is 3.65. The first-order chi connectivity index (χ1) is 8.35. The molecule has 2 rings (SSSR count). The fraction of sp³-hybridized carbons (Fsp3) is 0.200. The summed E-state index contributed by atoms with van der Waals surface area (Å²) in [6.07, 6.45) is 0. The summed E-state index contributed by atoms with van der Waals surface area (Å²) in [6, 6.07) is 16.6. The largest absolute Gasteiger partial charge is 0.497 e. The predicted octanol–water partition coefficient (Wildman–Crippen LogP) is 3.08. The first-order valence-electron chi connectivity index (χ1n) is 5.72. The van der Waals surface area contributed by atoms with Crippen LogP contribution in [0, 0.1) is 0 Å². The van der Waals surface area contributed by atoms with E-state index in [4.69, 9.17) is 4.74 Å². The van der Waals surface area contributed by atoms with Crippen LogP contribution in [0.3, 0.4) is 0 Å². The van der Waals surface area contributed by atoms with Crippen LogP contribution in [0.2, 0.25) is 0 Å². The van der Waals surface area contributed by atoms with Crippen LogP contribution in [-0.2, 0) is 6.54 Å². The molecule has 0 heterocycles. The highest BCUT2D eigenvalue weighted by Gasteiger charge is 2.03. The molecule has 2 aromatic carbocycles. The second-order valence-electron chi connectivity index (χ2n) is 3.92. The average molecular weight is 227 g/mol.